The van der Waals surface area contributed by atoms with Gasteiger partial charge in [0.2, 0.25) is 0 Å². The number of rotatable bonds is 5. The maximum absolute atomic E-state index is 5.32. The zero-order valence-electron chi connectivity index (χ0n) is 11.6. The van der Waals surface area contributed by atoms with Crippen LogP contribution in [0.3, 0.4) is 0 Å². The average Bonchev–Trinajstić information content (AvgIpc) is 3.28. The third kappa shape index (κ3) is 2.50. The smallest absolute Gasteiger partial charge is 0.119 e. The van der Waals surface area contributed by atoms with E-state index >= 15 is 0 Å². The van der Waals surface area contributed by atoms with Crippen LogP contribution in [0.15, 0.2) is 24.3 Å². The number of aromatic nitrogens is 1. The fourth-order valence-electron chi connectivity index (χ4n) is 2.35. The van der Waals surface area contributed by atoms with Gasteiger partial charge in [-0.1, -0.05) is 6.92 Å². The Labute approximate surface area is 114 Å². The van der Waals surface area contributed by atoms with Crippen LogP contribution in [-0.2, 0) is 0 Å². The van der Waals surface area contributed by atoms with Crippen molar-refractivity contribution in [2.24, 2.45) is 0 Å². The van der Waals surface area contributed by atoms with Crippen molar-refractivity contribution >= 4 is 16.6 Å². The second-order valence-electron chi connectivity index (χ2n) is 5.18. The minimum Gasteiger partial charge on any atom is -0.497 e. The van der Waals surface area contributed by atoms with E-state index in [-0.39, 0.29) is 0 Å². The van der Waals surface area contributed by atoms with Crippen LogP contribution in [0.1, 0.15) is 37.8 Å². The Hall–Kier alpha value is -1.77. The number of ether oxygens (including phenoxy) is 1. The lowest BCUT2D eigenvalue weighted by Gasteiger charge is -2.12. The third-order valence-electron chi connectivity index (χ3n) is 3.60. The van der Waals surface area contributed by atoms with Crippen LogP contribution in [0.2, 0.25) is 0 Å². The first kappa shape index (κ1) is 12.3. The molecule has 3 heteroatoms. The number of nitrogens with zero attached hydrogens (tertiary/aromatic N) is 1. The van der Waals surface area contributed by atoms with Gasteiger partial charge in [0.15, 0.2) is 0 Å². The van der Waals surface area contributed by atoms with Gasteiger partial charge in [-0.2, -0.15) is 0 Å². The van der Waals surface area contributed by atoms with Crippen molar-refractivity contribution in [3.8, 4) is 5.75 Å². The molecule has 0 amide bonds. The van der Waals surface area contributed by atoms with E-state index in [0.29, 0.717) is 5.92 Å². The Bertz CT molecular complexity index is 591. The number of hydrogen-bond donors (Lipinski definition) is 1. The molecular weight excluding hydrogens is 236 g/mol. The molecule has 1 aliphatic carbocycles. The van der Waals surface area contributed by atoms with Gasteiger partial charge in [-0.15, -0.1) is 0 Å². The molecule has 0 bridgehead atoms. The summed E-state index contributed by atoms with van der Waals surface area (Å²) in [5.41, 5.74) is 3.48. The molecule has 3 nitrogen and oxygen atoms in total. The quantitative estimate of drug-likeness (QED) is 0.879. The van der Waals surface area contributed by atoms with Gasteiger partial charge in [0.05, 0.1) is 12.6 Å². The molecule has 0 spiro atoms. The average molecular weight is 256 g/mol. The third-order valence-corrected chi connectivity index (χ3v) is 3.60. The van der Waals surface area contributed by atoms with E-state index in [1.54, 1.807) is 7.11 Å². The van der Waals surface area contributed by atoms with Crippen LogP contribution < -0.4 is 10.1 Å². The zero-order valence-corrected chi connectivity index (χ0v) is 11.6. The van der Waals surface area contributed by atoms with Crippen molar-refractivity contribution < 1.29 is 4.74 Å². The van der Waals surface area contributed by atoms with Gasteiger partial charge < -0.3 is 10.1 Å². The van der Waals surface area contributed by atoms with Gasteiger partial charge >= 0.3 is 0 Å². The highest BCUT2D eigenvalue weighted by molar-refractivity contribution is 5.92. The highest BCUT2D eigenvalue weighted by Crippen LogP contribution is 2.41. The SMILES string of the molecule is CCCNc1cc(C2CC2)nc2ccc(OC)cc12. The minimum atomic E-state index is 0.675. The predicted molar refractivity (Wildman–Crippen MR) is 79.1 cm³/mol. The second-order valence-corrected chi connectivity index (χ2v) is 5.18. The van der Waals surface area contributed by atoms with Gasteiger partial charge in [0.1, 0.15) is 5.75 Å². The Balaban J connectivity index is 2.09. The van der Waals surface area contributed by atoms with Gasteiger partial charge in [-0.05, 0) is 43.5 Å². The normalized spacial score (nSPS) is 14.6. The topological polar surface area (TPSA) is 34.2 Å². The first-order chi connectivity index (χ1) is 9.31. The molecule has 1 aromatic heterocycles. The number of pyridine rings is 1. The maximum Gasteiger partial charge on any atom is 0.119 e. The van der Waals surface area contributed by atoms with Crippen LogP contribution in [0, 0.1) is 0 Å². The summed E-state index contributed by atoms with van der Waals surface area (Å²) in [6.07, 6.45) is 3.68. The number of benzene rings is 1. The summed E-state index contributed by atoms with van der Waals surface area (Å²) in [6, 6.07) is 8.32. The highest BCUT2D eigenvalue weighted by Gasteiger charge is 2.26. The Morgan fingerprint density at radius 1 is 1.32 bits per heavy atom. The summed E-state index contributed by atoms with van der Waals surface area (Å²) in [5.74, 6) is 1.56. The van der Waals surface area contributed by atoms with Crippen molar-refractivity contribution in [3.63, 3.8) is 0 Å². The van der Waals surface area contributed by atoms with E-state index < -0.39 is 0 Å². The molecule has 2 aromatic rings. The summed E-state index contributed by atoms with van der Waals surface area (Å²) in [5, 5.41) is 4.67. The number of nitrogens with one attached hydrogen (secondary N) is 1. The fourth-order valence-corrected chi connectivity index (χ4v) is 2.35. The van der Waals surface area contributed by atoms with E-state index in [0.717, 1.165) is 29.6 Å². The van der Waals surface area contributed by atoms with Gasteiger partial charge in [0, 0.05) is 29.2 Å². The molecule has 1 heterocycles. The first-order valence-electron chi connectivity index (χ1n) is 7.04. The number of anilines is 1. The lowest BCUT2D eigenvalue weighted by atomic mass is 10.1. The van der Waals surface area contributed by atoms with Crippen molar-refractivity contribution in [1.29, 1.82) is 0 Å². The molecule has 1 N–H and O–H groups in total. The van der Waals surface area contributed by atoms with Crippen LogP contribution >= 0.6 is 0 Å². The predicted octanol–water partition coefficient (Wildman–Crippen LogP) is 3.94. The Morgan fingerprint density at radius 3 is 2.84 bits per heavy atom. The molecule has 100 valence electrons. The van der Waals surface area contributed by atoms with Crippen molar-refractivity contribution in [1.82, 2.24) is 4.98 Å². The largest absolute Gasteiger partial charge is 0.497 e. The van der Waals surface area contributed by atoms with Gasteiger partial charge in [-0.25, -0.2) is 0 Å². The van der Waals surface area contributed by atoms with E-state index in [2.05, 4.69) is 30.4 Å². The Morgan fingerprint density at radius 2 is 2.16 bits per heavy atom. The summed E-state index contributed by atoms with van der Waals surface area (Å²) in [7, 11) is 1.70. The molecule has 1 fully saturated rings. The van der Waals surface area contributed by atoms with Gasteiger partial charge in [-0.3, -0.25) is 4.98 Å². The minimum absolute atomic E-state index is 0.675. The molecule has 0 saturated heterocycles. The number of hydrogen-bond acceptors (Lipinski definition) is 3. The molecule has 0 radical (unpaired) electrons. The molecule has 1 aromatic carbocycles. The molecule has 0 unspecified atom stereocenters. The molecule has 19 heavy (non-hydrogen) atoms. The number of fused-ring (bicyclic) bond motifs is 1. The van der Waals surface area contributed by atoms with Crippen molar-refractivity contribution in [2.75, 3.05) is 19.0 Å². The molecule has 0 aliphatic heterocycles. The maximum atomic E-state index is 5.32. The second kappa shape index (κ2) is 5.08. The molecular formula is C16H20N2O. The molecule has 0 atom stereocenters. The van der Waals surface area contributed by atoms with Crippen LogP contribution in [0.4, 0.5) is 5.69 Å². The van der Waals surface area contributed by atoms with Crippen LogP contribution in [0.5, 0.6) is 5.75 Å². The standard InChI is InChI=1S/C16H20N2O/c1-3-8-17-16-10-15(11-4-5-11)18-14-7-6-12(19-2)9-13(14)16/h6-7,9-11H,3-5,8H2,1-2H3,(H,17,18). The monoisotopic (exact) mass is 256 g/mol. The van der Waals surface area contributed by atoms with Crippen molar-refractivity contribution in [3.05, 3.63) is 30.0 Å². The molecule has 1 aliphatic rings. The van der Waals surface area contributed by atoms with Crippen LogP contribution in [-0.4, -0.2) is 18.6 Å². The summed E-state index contributed by atoms with van der Waals surface area (Å²) >= 11 is 0. The summed E-state index contributed by atoms with van der Waals surface area (Å²) < 4.78 is 5.32. The Kier molecular flexibility index (Phi) is 3.28. The summed E-state index contributed by atoms with van der Waals surface area (Å²) in [6.45, 7) is 3.17. The van der Waals surface area contributed by atoms with E-state index in [4.69, 9.17) is 9.72 Å². The molecule has 1 saturated carbocycles. The first-order valence-corrected chi connectivity index (χ1v) is 7.04. The van der Waals surface area contributed by atoms with E-state index in [9.17, 15) is 0 Å². The van der Waals surface area contributed by atoms with Gasteiger partial charge in [0.25, 0.3) is 0 Å². The lowest BCUT2D eigenvalue weighted by Crippen LogP contribution is -2.02. The highest BCUT2D eigenvalue weighted by atomic mass is 16.5. The van der Waals surface area contributed by atoms with E-state index in [1.165, 1.54) is 24.2 Å². The lowest BCUT2D eigenvalue weighted by molar-refractivity contribution is 0.415. The molecule has 3 rings (SSSR count). The zero-order chi connectivity index (χ0) is 13.2. The summed E-state index contributed by atoms with van der Waals surface area (Å²) in [4.78, 5) is 4.79. The fraction of sp³-hybridized carbons (Fsp3) is 0.438. The van der Waals surface area contributed by atoms with E-state index in [1.807, 2.05) is 6.07 Å². The van der Waals surface area contributed by atoms with Crippen molar-refractivity contribution in [2.45, 2.75) is 32.1 Å². The van der Waals surface area contributed by atoms with Crippen LogP contribution in [0.25, 0.3) is 10.9 Å². The number of methoxy groups -OCH3 is 1.